The highest BCUT2D eigenvalue weighted by Gasteiger charge is 2.18. The Balaban J connectivity index is 2.14. The first-order valence-electron chi connectivity index (χ1n) is 9.74. The van der Waals surface area contributed by atoms with E-state index in [-0.39, 0.29) is 12.5 Å². The smallest absolute Gasteiger partial charge is 0.241 e. The number of nitrogens with zero attached hydrogens (tertiary/aromatic N) is 4. The molecule has 0 aliphatic heterocycles. The van der Waals surface area contributed by atoms with E-state index in [2.05, 4.69) is 29.6 Å². The van der Waals surface area contributed by atoms with Crippen molar-refractivity contribution in [3.63, 3.8) is 0 Å². The van der Waals surface area contributed by atoms with Gasteiger partial charge in [-0.25, -0.2) is 4.99 Å². The summed E-state index contributed by atoms with van der Waals surface area (Å²) in [6, 6.07) is 0.445. The first-order chi connectivity index (χ1) is 12.5. The molecule has 1 heterocycles. The molecule has 2 N–H and O–H groups in total. The number of amides is 1. The zero-order valence-electron chi connectivity index (χ0n) is 16.9. The number of carbonyl (C=O) groups excluding carboxylic acids is 1. The molecule has 7 heteroatoms. The Morgan fingerprint density at radius 3 is 2.54 bits per heavy atom. The summed E-state index contributed by atoms with van der Waals surface area (Å²) in [5.74, 6) is 0.760. The van der Waals surface area contributed by atoms with Gasteiger partial charge in [-0.1, -0.05) is 26.7 Å². The number of aryl methyl sites for hydroxylation is 2. The Morgan fingerprint density at radius 2 is 1.96 bits per heavy atom. The Hall–Kier alpha value is -2.05. The molecule has 7 nitrogen and oxygen atoms in total. The van der Waals surface area contributed by atoms with Gasteiger partial charge in [-0.2, -0.15) is 5.10 Å². The highest BCUT2D eigenvalue weighted by atomic mass is 16.2. The Morgan fingerprint density at radius 1 is 1.27 bits per heavy atom. The number of carbonyl (C=O) groups is 1. The molecule has 1 aromatic rings. The fourth-order valence-electron chi connectivity index (χ4n) is 3.46. The van der Waals surface area contributed by atoms with Crippen molar-refractivity contribution < 1.29 is 4.79 Å². The van der Waals surface area contributed by atoms with Crippen molar-refractivity contribution in [2.45, 2.75) is 65.0 Å². The summed E-state index contributed by atoms with van der Waals surface area (Å²) in [7, 11) is 5.53. The molecule has 146 valence electrons. The molecular formula is C19H34N6O. The lowest BCUT2D eigenvalue weighted by Crippen LogP contribution is -2.46. The monoisotopic (exact) mass is 362 g/mol. The third-order valence-electron chi connectivity index (χ3n) is 5.02. The van der Waals surface area contributed by atoms with Crippen LogP contribution >= 0.6 is 0 Å². The van der Waals surface area contributed by atoms with Crippen LogP contribution in [0.3, 0.4) is 0 Å². The predicted octanol–water partition coefficient (Wildman–Crippen LogP) is 1.61. The van der Waals surface area contributed by atoms with Crippen LogP contribution < -0.4 is 10.6 Å². The van der Waals surface area contributed by atoms with E-state index < -0.39 is 0 Å². The normalized spacial score (nSPS) is 15.3. The van der Waals surface area contributed by atoms with Gasteiger partial charge in [-0.05, 0) is 25.7 Å². The molecule has 0 radical (unpaired) electrons. The molecule has 1 aliphatic carbocycles. The number of likely N-dealkylation sites (N-methyl/N-ethyl adjacent to an activating group) is 1. The van der Waals surface area contributed by atoms with E-state index in [1.807, 2.05) is 11.7 Å². The number of hydrogen-bond donors (Lipinski definition) is 2. The van der Waals surface area contributed by atoms with Crippen LogP contribution in [0.15, 0.2) is 4.99 Å². The van der Waals surface area contributed by atoms with Gasteiger partial charge in [-0.3, -0.25) is 9.48 Å². The van der Waals surface area contributed by atoms with Crippen LogP contribution in [-0.2, 0) is 31.2 Å². The van der Waals surface area contributed by atoms with E-state index >= 15 is 0 Å². The molecule has 0 saturated heterocycles. The second-order valence-corrected chi connectivity index (χ2v) is 7.13. The summed E-state index contributed by atoms with van der Waals surface area (Å²) in [6.45, 7) is 5.11. The van der Waals surface area contributed by atoms with Gasteiger partial charge < -0.3 is 15.5 Å². The molecule has 0 unspecified atom stereocenters. The SMILES string of the molecule is CCc1nn(C)c(CC)c1CN=C(NCC(=O)N(C)C)NC1CCCC1. The van der Waals surface area contributed by atoms with E-state index in [0.717, 1.165) is 37.3 Å². The van der Waals surface area contributed by atoms with Crippen LogP contribution in [0.5, 0.6) is 0 Å². The van der Waals surface area contributed by atoms with E-state index in [4.69, 9.17) is 4.99 Å². The summed E-state index contributed by atoms with van der Waals surface area (Å²) in [4.78, 5) is 18.3. The zero-order valence-corrected chi connectivity index (χ0v) is 16.9. The van der Waals surface area contributed by atoms with E-state index in [1.165, 1.54) is 24.1 Å². The zero-order chi connectivity index (χ0) is 19.1. The van der Waals surface area contributed by atoms with Gasteiger partial charge in [0.2, 0.25) is 5.91 Å². The minimum absolute atomic E-state index is 0.0378. The Kier molecular flexibility index (Phi) is 7.48. The van der Waals surface area contributed by atoms with Gasteiger partial charge in [-0.15, -0.1) is 0 Å². The minimum Gasteiger partial charge on any atom is -0.354 e. The maximum atomic E-state index is 11.9. The van der Waals surface area contributed by atoms with Gasteiger partial charge >= 0.3 is 0 Å². The Bertz CT molecular complexity index is 628. The maximum Gasteiger partial charge on any atom is 0.241 e. The number of guanidine groups is 1. The molecule has 26 heavy (non-hydrogen) atoms. The lowest BCUT2D eigenvalue weighted by molar-refractivity contribution is -0.127. The van der Waals surface area contributed by atoms with E-state index in [1.54, 1.807) is 19.0 Å². The predicted molar refractivity (Wildman–Crippen MR) is 105 cm³/mol. The van der Waals surface area contributed by atoms with E-state index in [9.17, 15) is 4.79 Å². The molecular weight excluding hydrogens is 328 g/mol. The van der Waals surface area contributed by atoms with Crippen LogP contribution in [0.2, 0.25) is 0 Å². The fourth-order valence-corrected chi connectivity index (χ4v) is 3.46. The first-order valence-corrected chi connectivity index (χ1v) is 9.74. The van der Waals surface area contributed by atoms with Crippen LogP contribution in [0.1, 0.15) is 56.5 Å². The highest BCUT2D eigenvalue weighted by molar-refractivity contribution is 5.86. The molecule has 1 saturated carbocycles. The van der Waals surface area contributed by atoms with Crippen molar-refractivity contribution in [2.24, 2.45) is 12.0 Å². The van der Waals surface area contributed by atoms with Crippen LogP contribution in [0.25, 0.3) is 0 Å². The van der Waals surface area contributed by atoms with Crippen molar-refractivity contribution in [1.82, 2.24) is 25.3 Å². The van der Waals surface area contributed by atoms with Gasteiger partial charge in [0.05, 0.1) is 18.8 Å². The number of nitrogens with one attached hydrogen (secondary N) is 2. The molecule has 1 aliphatic rings. The summed E-state index contributed by atoms with van der Waals surface area (Å²) >= 11 is 0. The molecule has 2 rings (SSSR count). The molecule has 1 aromatic heterocycles. The molecule has 0 spiro atoms. The second-order valence-electron chi connectivity index (χ2n) is 7.13. The molecule has 1 fully saturated rings. The standard InChI is InChI=1S/C19H34N6O/c1-6-16-15(17(7-2)25(5)23-16)12-20-19(21-13-18(26)24(3)4)22-14-10-8-9-11-14/h14H,6-13H2,1-5H3,(H2,20,21,22). The largest absolute Gasteiger partial charge is 0.354 e. The van der Waals surface area contributed by atoms with Gasteiger partial charge in [0, 0.05) is 38.4 Å². The summed E-state index contributed by atoms with van der Waals surface area (Å²) in [5.41, 5.74) is 3.55. The third-order valence-corrected chi connectivity index (χ3v) is 5.02. The average Bonchev–Trinajstić information content (AvgIpc) is 3.23. The number of aliphatic imine (C=N–C) groups is 1. The second kappa shape index (κ2) is 9.59. The fraction of sp³-hybridized carbons (Fsp3) is 0.737. The lowest BCUT2D eigenvalue weighted by Gasteiger charge is -2.18. The van der Waals surface area contributed by atoms with Gasteiger partial charge in [0.15, 0.2) is 5.96 Å². The molecule has 0 bridgehead atoms. The summed E-state index contributed by atoms with van der Waals surface area (Å²) in [5, 5.41) is 11.3. The van der Waals surface area contributed by atoms with Crippen molar-refractivity contribution >= 4 is 11.9 Å². The summed E-state index contributed by atoms with van der Waals surface area (Å²) < 4.78 is 1.97. The van der Waals surface area contributed by atoms with E-state index in [0.29, 0.717) is 12.6 Å². The molecule has 0 aromatic carbocycles. The van der Waals surface area contributed by atoms with Crippen LogP contribution in [0, 0.1) is 0 Å². The van der Waals surface area contributed by atoms with Crippen LogP contribution in [0.4, 0.5) is 0 Å². The number of rotatable bonds is 7. The Labute approximate surface area is 157 Å². The lowest BCUT2D eigenvalue weighted by atomic mass is 10.1. The molecule has 1 amide bonds. The maximum absolute atomic E-state index is 11.9. The quantitative estimate of drug-likeness (QED) is 0.571. The topological polar surface area (TPSA) is 74.5 Å². The molecule has 0 atom stereocenters. The average molecular weight is 363 g/mol. The summed E-state index contributed by atoms with van der Waals surface area (Å²) in [6.07, 6.45) is 6.67. The first kappa shape index (κ1) is 20.3. The van der Waals surface area contributed by atoms with Crippen molar-refractivity contribution in [3.8, 4) is 0 Å². The van der Waals surface area contributed by atoms with Gasteiger partial charge in [0.25, 0.3) is 0 Å². The van der Waals surface area contributed by atoms with Crippen LogP contribution in [-0.4, -0.2) is 53.2 Å². The number of hydrogen-bond acceptors (Lipinski definition) is 3. The van der Waals surface area contributed by atoms with Crippen molar-refractivity contribution in [1.29, 1.82) is 0 Å². The minimum atomic E-state index is 0.0378. The number of aromatic nitrogens is 2. The van der Waals surface area contributed by atoms with Crippen molar-refractivity contribution in [2.75, 3.05) is 20.6 Å². The van der Waals surface area contributed by atoms with Gasteiger partial charge in [0.1, 0.15) is 0 Å². The highest BCUT2D eigenvalue weighted by Crippen LogP contribution is 2.18. The van der Waals surface area contributed by atoms with Crippen molar-refractivity contribution in [3.05, 3.63) is 17.0 Å². The third kappa shape index (κ3) is 5.22.